The molecule has 3 atom stereocenters. The molecule has 0 radical (unpaired) electrons. The average molecular weight is 229 g/mol. The summed E-state index contributed by atoms with van der Waals surface area (Å²) < 4.78 is 12.0. The highest BCUT2D eigenvalue weighted by Gasteiger charge is 2.31. The summed E-state index contributed by atoms with van der Waals surface area (Å²) in [5.41, 5.74) is -0.0454. The van der Waals surface area contributed by atoms with Crippen molar-refractivity contribution < 1.29 is 9.47 Å². The molecule has 0 saturated carbocycles. The van der Waals surface area contributed by atoms with E-state index in [1.54, 1.807) is 0 Å². The first-order valence-electron chi connectivity index (χ1n) is 6.47. The van der Waals surface area contributed by atoms with E-state index in [-0.39, 0.29) is 5.60 Å². The lowest BCUT2D eigenvalue weighted by molar-refractivity contribution is -0.151. The third-order valence-electron chi connectivity index (χ3n) is 3.40. The molecule has 1 N–H and O–H groups in total. The van der Waals surface area contributed by atoms with Gasteiger partial charge in [0.25, 0.3) is 0 Å². The molecular weight excluding hydrogens is 202 g/mol. The van der Waals surface area contributed by atoms with Gasteiger partial charge in [-0.25, -0.2) is 0 Å². The highest BCUT2D eigenvalue weighted by Crippen LogP contribution is 2.27. The lowest BCUT2D eigenvalue weighted by Gasteiger charge is -2.38. The monoisotopic (exact) mass is 229 g/mol. The van der Waals surface area contributed by atoms with Crippen LogP contribution in [0.3, 0.4) is 0 Å². The molecule has 0 aliphatic carbocycles. The van der Waals surface area contributed by atoms with Gasteiger partial charge in [0.05, 0.1) is 23.9 Å². The Morgan fingerprint density at radius 2 is 1.88 bits per heavy atom. The Morgan fingerprint density at radius 3 is 2.31 bits per heavy atom. The second kappa shape index (κ2) is 5.99. The van der Waals surface area contributed by atoms with E-state index < -0.39 is 0 Å². The van der Waals surface area contributed by atoms with Gasteiger partial charge in [-0.05, 0) is 47.1 Å². The predicted octanol–water partition coefficient (Wildman–Crippen LogP) is 2.35. The maximum Gasteiger partial charge on any atom is 0.0779 e. The SMILES string of the molecule is CCC(C)(CNC)OC1CC(C)OC(C)C1. The molecule has 1 aliphatic heterocycles. The minimum absolute atomic E-state index is 0.0454. The van der Waals surface area contributed by atoms with Crippen molar-refractivity contribution in [3.05, 3.63) is 0 Å². The third-order valence-corrected chi connectivity index (χ3v) is 3.40. The molecule has 1 fully saturated rings. The second-order valence-corrected chi connectivity index (χ2v) is 5.30. The minimum Gasteiger partial charge on any atom is -0.375 e. The van der Waals surface area contributed by atoms with Crippen LogP contribution in [0.25, 0.3) is 0 Å². The number of hydrogen-bond acceptors (Lipinski definition) is 3. The molecule has 3 unspecified atom stereocenters. The van der Waals surface area contributed by atoms with Gasteiger partial charge in [-0.1, -0.05) is 6.92 Å². The molecule has 0 bridgehead atoms. The molecule has 3 nitrogen and oxygen atoms in total. The van der Waals surface area contributed by atoms with E-state index in [0.29, 0.717) is 18.3 Å². The van der Waals surface area contributed by atoms with Gasteiger partial charge in [0.15, 0.2) is 0 Å². The summed E-state index contributed by atoms with van der Waals surface area (Å²) in [4.78, 5) is 0. The zero-order valence-electron chi connectivity index (χ0n) is 11.4. The van der Waals surface area contributed by atoms with Gasteiger partial charge in [0.2, 0.25) is 0 Å². The van der Waals surface area contributed by atoms with E-state index in [0.717, 1.165) is 25.8 Å². The summed E-state index contributed by atoms with van der Waals surface area (Å²) in [7, 11) is 1.98. The molecule has 1 heterocycles. The zero-order valence-corrected chi connectivity index (χ0v) is 11.4. The summed E-state index contributed by atoms with van der Waals surface area (Å²) in [5.74, 6) is 0. The van der Waals surface area contributed by atoms with Crippen molar-refractivity contribution in [2.75, 3.05) is 13.6 Å². The van der Waals surface area contributed by atoms with E-state index >= 15 is 0 Å². The first-order valence-corrected chi connectivity index (χ1v) is 6.47. The van der Waals surface area contributed by atoms with Crippen LogP contribution in [0.4, 0.5) is 0 Å². The molecule has 3 heteroatoms. The normalized spacial score (nSPS) is 34.7. The number of rotatable bonds is 5. The van der Waals surface area contributed by atoms with Crippen LogP contribution < -0.4 is 5.32 Å². The van der Waals surface area contributed by atoms with Crippen molar-refractivity contribution in [1.29, 1.82) is 0 Å². The molecule has 0 aromatic rings. The molecule has 0 aromatic heterocycles. The summed E-state index contributed by atoms with van der Waals surface area (Å²) >= 11 is 0. The number of hydrogen-bond donors (Lipinski definition) is 1. The van der Waals surface area contributed by atoms with Gasteiger partial charge in [0, 0.05) is 6.54 Å². The van der Waals surface area contributed by atoms with E-state index in [9.17, 15) is 0 Å². The van der Waals surface area contributed by atoms with Crippen LogP contribution in [0.2, 0.25) is 0 Å². The maximum atomic E-state index is 6.27. The Morgan fingerprint density at radius 1 is 1.31 bits per heavy atom. The third kappa shape index (κ3) is 4.04. The fraction of sp³-hybridized carbons (Fsp3) is 1.00. The van der Waals surface area contributed by atoms with E-state index in [2.05, 4.69) is 33.0 Å². The van der Waals surface area contributed by atoms with E-state index in [1.165, 1.54) is 0 Å². The molecule has 96 valence electrons. The Labute approximate surface area is 99.9 Å². The molecule has 0 spiro atoms. The quantitative estimate of drug-likeness (QED) is 0.785. The Bertz CT molecular complexity index is 200. The summed E-state index contributed by atoms with van der Waals surface area (Å²) in [5, 5.41) is 3.21. The van der Waals surface area contributed by atoms with Gasteiger partial charge in [0.1, 0.15) is 0 Å². The highest BCUT2D eigenvalue weighted by molar-refractivity contribution is 4.81. The summed E-state index contributed by atoms with van der Waals surface area (Å²) in [6.07, 6.45) is 4.06. The topological polar surface area (TPSA) is 30.5 Å². The zero-order chi connectivity index (χ0) is 12.2. The highest BCUT2D eigenvalue weighted by atomic mass is 16.5. The Hall–Kier alpha value is -0.120. The number of likely N-dealkylation sites (N-methyl/N-ethyl adjacent to an activating group) is 1. The van der Waals surface area contributed by atoms with E-state index in [4.69, 9.17) is 9.47 Å². The van der Waals surface area contributed by atoms with Crippen LogP contribution in [0.5, 0.6) is 0 Å². The lowest BCUT2D eigenvalue weighted by atomic mass is 9.98. The average Bonchev–Trinajstić information content (AvgIpc) is 2.16. The van der Waals surface area contributed by atoms with Crippen molar-refractivity contribution in [2.45, 2.75) is 70.9 Å². The van der Waals surface area contributed by atoms with E-state index in [1.807, 2.05) is 7.05 Å². The first-order chi connectivity index (χ1) is 7.49. The fourth-order valence-electron chi connectivity index (χ4n) is 2.47. The smallest absolute Gasteiger partial charge is 0.0779 e. The summed E-state index contributed by atoms with van der Waals surface area (Å²) in [6, 6.07) is 0. The number of nitrogens with one attached hydrogen (secondary N) is 1. The predicted molar refractivity (Wildman–Crippen MR) is 66.7 cm³/mol. The van der Waals surface area contributed by atoms with Gasteiger partial charge in [-0.15, -0.1) is 0 Å². The largest absolute Gasteiger partial charge is 0.375 e. The van der Waals surface area contributed by atoms with Crippen molar-refractivity contribution >= 4 is 0 Å². The molecule has 1 saturated heterocycles. The van der Waals surface area contributed by atoms with Gasteiger partial charge >= 0.3 is 0 Å². The van der Waals surface area contributed by atoms with Gasteiger partial charge in [-0.3, -0.25) is 0 Å². The summed E-state index contributed by atoms with van der Waals surface area (Å²) in [6.45, 7) is 9.54. The van der Waals surface area contributed by atoms with Crippen LogP contribution in [0, 0.1) is 0 Å². The van der Waals surface area contributed by atoms with Crippen LogP contribution in [-0.2, 0) is 9.47 Å². The minimum atomic E-state index is -0.0454. The Balaban J connectivity index is 2.50. The molecular formula is C13H27NO2. The standard InChI is InChI=1S/C13H27NO2/c1-6-13(4,9-14-5)16-12-7-10(2)15-11(3)8-12/h10-12,14H,6-9H2,1-5H3. The molecule has 1 rings (SSSR count). The van der Waals surface area contributed by atoms with Crippen LogP contribution in [-0.4, -0.2) is 37.5 Å². The van der Waals surface area contributed by atoms with Crippen LogP contribution in [0.15, 0.2) is 0 Å². The Kier molecular flexibility index (Phi) is 5.22. The van der Waals surface area contributed by atoms with Gasteiger partial charge < -0.3 is 14.8 Å². The van der Waals surface area contributed by atoms with Crippen LogP contribution in [0.1, 0.15) is 47.0 Å². The fourth-order valence-corrected chi connectivity index (χ4v) is 2.47. The molecule has 1 aliphatic rings. The van der Waals surface area contributed by atoms with Crippen molar-refractivity contribution in [1.82, 2.24) is 5.32 Å². The van der Waals surface area contributed by atoms with Crippen molar-refractivity contribution in [2.24, 2.45) is 0 Å². The van der Waals surface area contributed by atoms with Crippen molar-refractivity contribution in [3.63, 3.8) is 0 Å². The molecule has 16 heavy (non-hydrogen) atoms. The van der Waals surface area contributed by atoms with Gasteiger partial charge in [-0.2, -0.15) is 0 Å². The van der Waals surface area contributed by atoms with Crippen LogP contribution >= 0.6 is 0 Å². The second-order valence-electron chi connectivity index (χ2n) is 5.30. The molecule has 0 aromatic carbocycles. The lowest BCUT2D eigenvalue weighted by Crippen LogP contribution is -2.45. The first kappa shape index (κ1) is 13.9. The maximum absolute atomic E-state index is 6.27. The number of ether oxygens (including phenoxy) is 2. The van der Waals surface area contributed by atoms with Crippen molar-refractivity contribution in [3.8, 4) is 0 Å². The molecule has 0 amide bonds.